The van der Waals surface area contributed by atoms with Gasteiger partial charge in [-0.2, -0.15) is 0 Å². The quantitative estimate of drug-likeness (QED) is 0.0247. The first-order valence-corrected chi connectivity index (χ1v) is 29.1. The third-order valence-corrected chi connectivity index (χ3v) is 19.6. The first kappa shape index (κ1) is 59.1. The Kier molecular flexibility index (Phi) is 18.5. The van der Waals surface area contributed by atoms with E-state index >= 15 is 9.59 Å². The molecule has 3 N–H and O–H groups in total. The van der Waals surface area contributed by atoms with Gasteiger partial charge in [0.2, 0.25) is 12.9 Å². The van der Waals surface area contributed by atoms with Gasteiger partial charge in [0, 0.05) is 54.1 Å². The average Bonchev–Trinajstić information content (AvgIpc) is 3.59. The van der Waals surface area contributed by atoms with Gasteiger partial charge in [0.1, 0.15) is 35.7 Å². The molecule has 0 spiro atoms. The Morgan fingerprint density at radius 2 is 1.44 bits per heavy atom. The molecule has 3 aromatic rings. The van der Waals surface area contributed by atoms with Crippen LogP contribution in [0.1, 0.15) is 132 Å². The summed E-state index contributed by atoms with van der Waals surface area (Å²) in [4.78, 5) is 112. The largest absolute Gasteiger partial charge is 0.455 e. The number of aliphatic hydroxyl groups excluding tert-OH is 1. The van der Waals surface area contributed by atoms with Crippen LogP contribution in [0.25, 0.3) is 0 Å². The Labute approximate surface area is 467 Å². The number of ether oxygens (including phenoxy) is 7. The molecule has 3 aromatic carbocycles. The Morgan fingerprint density at radius 1 is 0.823 bits per heavy atom. The molecule has 18 nitrogen and oxygen atoms in total. The number of hydrogen-bond acceptors (Lipinski definition) is 19. The van der Waals surface area contributed by atoms with Gasteiger partial charge in [0.25, 0.3) is 5.91 Å². The molecule has 0 aromatic heterocycles. The second-order valence-electron chi connectivity index (χ2n) is 21.8. The van der Waals surface area contributed by atoms with Gasteiger partial charge in [-0.05, 0) is 74.1 Å². The lowest BCUT2D eigenvalue weighted by molar-refractivity contribution is -0.345. The number of amides is 1. The fourth-order valence-corrected chi connectivity index (χ4v) is 15.5. The molecule has 5 aliphatic rings. The molecule has 12 atom stereocenters. The first-order valence-electron chi connectivity index (χ1n) is 26.8. The SMILES string of the molecule is CC(=O)O[C@@]12COC1C[C@H](O)[C@@]1(C)C(=O)[C@H](C)C3=C(C)[C@@H](OC(=O)[C@H](OC(=O)CCC(=O)OCOC(=O)CCCCC4CCSS4)[C@@H](NC(=O)c4ccccc4)c4ccccc4)C[C@@](O)([C@@H](OC(=O)c4ccccc4)[C@@H]12)C3(C)C. The van der Waals surface area contributed by atoms with E-state index in [2.05, 4.69) is 5.32 Å². The minimum absolute atomic E-state index is 0.0808. The van der Waals surface area contributed by atoms with Crippen LogP contribution in [-0.2, 0) is 61.9 Å². The molecule has 3 aliphatic carbocycles. The Hall–Kier alpha value is -6.06. The van der Waals surface area contributed by atoms with E-state index in [1.807, 2.05) is 21.6 Å². The third-order valence-electron chi connectivity index (χ3n) is 16.6. The topological polar surface area (TPSA) is 254 Å². The summed E-state index contributed by atoms with van der Waals surface area (Å²) in [6, 6.07) is 22.7. The smallest absolute Gasteiger partial charge is 0.350 e. The molecule has 2 heterocycles. The van der Waals surface area contributed by atoms with Crippen LogP contribution in [0.3, 0.4) is 0 Å². The number of aliphatic hydroxyl groups is 2. The summed E-state index contributed by atoms with van der Waals surface area (Å²) in [6.45, 7) is 8.35. The number of fused-ring (bicyclic) bond motifs is 5. The van der Waals surface area contributed by atoms with Gasteiger partial charge in [-0.3, -0.25) is 28.8 Å². The van der Waals surface area contributed by atoms with E-state index in [0.717, 1.165) is 25.0 Å². The molecule has 424 valence electrons. The molecule has 20 heteroatoms. The van der Waals surface area contributed by atoms with Crippen LogP contribution in [0.2, 0.25) is 0 Å². The second kappa shape index (κ2) is 24.8. The predicted octanol–water partition coefficient (Wildman–Crippen LogP) is 7.53. The van der Waals surface area contributed by atoms with E-state index in [4.69, 9.17) is 33.2 Å². The lowest BCUT2D eigenvalue weighted by Gasteiger charge is -2.67. The van der Waals surface area contributed by atoms with Crippen LogP contribution in [0.15, 0.2) is 102 Å². The first-order chi connectivity index (χ1) is 37.6. The van der Waals surface area contributed by atoms with Crippen LogP contribution in [0.4, 0.5) is 0 Å². The normalized spacial score (nSPS) is 29.3. The standard InChI is InChI=1S/C59H69NO17S2/c1-34-41(31-59(70)52(76-54(68)39-22-14-9-15-23-39)50-57(6,51(66)35(2)47(34)56(59,4)5)42(62)30-43-58(50,32-71-43)77-36(3)61)74-55(69)49(48(37-18-10-7-11-19-37)60-53(67)38-20-12-8-13-21-38)75-46(65)27-26-45(64)73-33-72-44(63)25-17-16-24-40-28-29-78-79-40/h7-15,18-23,35,40-43,48-50,52,62,70H,16-17,24-33H2,1-6H3,(H,60,67)/t35-,40?,41+,42+,43?,48+,49-,50+,52+,57-,58+,59-/m1/s1. The number of nitrogens with one attached hydrogen (secondary N) is 1. The summed E-state index contributed by atoms with van der Waals surface area (Å²) in [6.07, 6.45) is -5.72. The van der Waals surface area contributed by atoms with E-state index in [-0.39, 0.29) is 30.6 Å². The molecule has 2 unspecified atom stereocenters. The van der Waals surface area contributed by atoms with Crippen molar-refractivity contribution in [3.63, 3.8) is 0 Å². The highest BCUT2D eigenvalue weighted by atomic mass is 33.1. The Morgan fingerprint density at radius 3 is 2.05 bits per heavy atom. The van der Waals surface area contributed by atoms with Crippen LogP contribution in [0.5, 0.6) is 0 Å². The minimum atomic E-state index is -2.32. The molecule has 2 saturated carbocycles. The van der Waals surface area contributed by atoms with Crippen molar-refractivity contribution in [3.05, 3.63) is 119 Å². The number of ketones is 1. The van der Waals surface area contributed by atoms with Gasteiger partial charge < -0.3 is 48.7 Å². The maximum absolute atomic E-state index is 15.6. The molecule has 1 amide bonds. The van der Waals surface area contributed by atoms with Gasteiger partial charge in [-0.15, -0.1) is 0 Å². The molecule has 2 saturated heterocycles. The van der Waals surface area contributed by atoms with Crippen molar-refractivity contribution in [2.45, 2.75) is 152 Å². The number of esters is 6. The number of benzene rings is 3. The van der Waals surface area contributed by atoms with Crippen molar-refractivity contribution in [3.8, 4) is 0 Å². The van der Waals surface area contributed by atoms with Gasteiger partial charge in [0.15, 0.2) is 5.60 Å². The zero-order valence-corrected chi connectivity index (χ0v) is 46.8. The van der Waals surface area contributed by atoms with E-state index in [1.54, 1.807) is 107 Å². The Balaban J connectivity index is 1.11. The highest BCUT2D eigenvalue weighted by Crippen LogP contribution is 2.65. The summed E-state index contributed by atoms with van der Waals surface area (Å²) in [5.41, 5.74) is -6.16. The summed E-state index contributed by atoms with van der Waals surface area (Å²) in [7, 11) is 3.72. The van der Waals surface area contributed by atoms with Crippen LogP contribution < -0.4 is 5.32 Å². The van der Waals surface area contributed by atoms with Crippen molar-refractivity contribution in [2.24, 2.45) is 22.7 Å². The van der Waals surface area contributed by atoms with E-state index in [1.165, 1.54) is 26.0 Å². The number of hydrogen-bond donors (Lipinski definition) is 3. The van der Waals surface area contributed by atoms with Crippen molar-refractivity contribution < 1.29 is 81.7 Å². The zero-order chi connectivity index (χ0) is 56.9. The van der Waals surface area contributed by atoms with Crippen molar-refractivity contribution in [1.29, 1.82) is 0 Å². The van der Waals surface area contributed by atoms with E-state index < -0.39 is 144 Å². The van der Waals surface area contributed by atoms with Gasteiger partial charge in [-0.25, -0.2) is 9.59 Å². The summed E-state index contributed by atoms with van der Waals surface area (Å²) < 4.78 is 41.2. The number of carbonyl (C=O) groups excluding carboxylic acids is 8. The molecule has 0 radical (unpaired) electrons. The molecular weight excluding hydrogens is 1060 g/mol. The van der Waals surface area contributed by atoms with Crippen LogP contribution in [-0.4, -0.2) is 124 Å². The zero-order valence-electron chi connectivity index (χ0n) is 45.2. The molecule has 79 heavy (non-hydrogen) atoms. The average molecular weight is 1130 g/mol. The molecule has 4 fully saturated rings. The Bertz CT molecular complexity index is 2790. The highest BCUT2D eigenvalue weighted by molar-refractivity contribution is 8.77. The molecule has 8 rings (SSSR count). The van der Waals surface area contributed by atoms with Gasteiger partial charge in [0.05, 0.1) is 42.4 Å². The van der Waals surface area contributed by atoms with E-state index in [9.17, 15) is 39.0 Å². The summed E-state index contributed by atoms with van der Waals surface area (Å²) in [5.74, 6) is -8.03. The monoisotopic (exact) mass is 1130 g/mol. The van der Waals surface area contributed by atoms with Gasteiger partial charge >= 0.3 is 35.8 Å². The third kappa shape index (κ3) is 12.2. The summed E-state index contributed by atoms with van der Waals surface area (Å²) in [5, 5.41) is 29.5. The van der Waals surface area contributed by atoms with Crippen molar-refractivity contribution in [1.82, 2.24) is 5.32 Å². The number of unbranched alkanes of at least 4 members (excludes halogenated alkanes) is 1. The lowest BCUT2D eigenvalue weighted by Crippen LogP contribution is -2.81. The number of rotatable bonds is 20. The summed E-state index contributed by atoms with van der Waals surface area (Å²) >= 11 is 0. The highest BCUT2D eigenvalue weighted by Gasteiger charge is 2.77. The minimum Gasteiger partial charge on any atom is -0.455 e. The van der Waals surface area contributed by atoms with Crippen molar-refractivity contribution >= 4 is 69.1 Å². The molecule has 2 bridgehead atoms. The predicted molar refractivity (Wildman–Crippen MR) is 288 cm³/mol. The maximum atomic E-state index is 15.6. The van der Waals surface area contributed by atoms with Crippen molar-refractivity contribution in [2.75, 3.05) is 19.2 Å². The number of Topliss-reactive ketones (excluding diaryl/α,β-unsaturated/α-hetero) is 1. The van der Waals surface area contributed by atoms with Crippen LogP contribution >= 0.6 is 21.6 Å². The lowest BCUT2D eigenvalue weighted by atomic mass is 9.43. The molecular formula is C59H69NO17S2. The fourth-order valence-electron chi connectivity index (χ4n) is 12.5. The van der Waals surface area contributed by atoms with Crippen LogP contribution in [0, 0.1) is 22.7 Å². The molecule has 2 aliphatic heterocycles. The fraction of sp³-hybridized carbons (Fsp3) is 0.525. The number of carbonyl (C=O) groups is 8. The second-order valence-corrected chi connectivity index (χ2v) is 24.6. The van der Waals surface area contributed by atoms with Gasteiger partial charge in [-0.1, -0.05) is 116 Å². The maximum Gasteiger partial charge on any atom is 0.350 e. The van der Waals surface area contributed by atoms with E-state index in [0.29, 0.717) is 28.4 Å².